The van der Waals surface area contributed by atoms with E-state index in [-0.39, 0.29) is 11.7 Å². The molecule has 1 heterocycles. The minimum atomic E-state index is -0.814. The molecular weight excluding hydrogens is 343 g/mol. The van der Waals surface area contributed by atoms with Crippen molar-refractivity contribution in [2.45, 2.75) is 23.7 Å². The second-order valence-corrected chi connectivity index (χ2v) is 5.77. The molecule has 0 aliphatic carbocycles. The maximum atomic E-state index is 11.8. The summed E-state index contributed by atoms with van der Waals surface area (Å²) < 4.78 is -0.814. The Morgan fingerprint density at radius 1 is 1.50 bits per heavy atom. The van der Waals surface area contributed by atoms with Crippen molar-refractivity contribution in [3.63, 3.8) is 0 Å². The van der Waals surface area contributed by atoms with E-state index in [4.69, 9.17) is 23.2 Å². The van der Waals surface area contributed by atoms with Gasteiger partial charge < -0.3 is 5.32 Å². The monoisotopic (exact) mass is 352 g/mol. The second kappa shape index (κ2) is 7.07. The van der Waals surface area contributed by atoms with Gasteiger partial charge in [0.05, 0.1) is 11.6 Å². The molecule has 1 aromatic rings. The van der Waals surface area contributed by atoms with Gasteiger partial charge in [-0.1, -0.05) is 34.5 Å². The molecule has 0 aliphatic heterocycles. The first-order chi connectivity index (χ1) is 8.45. The van der Waals surface area contributed by atoms with Crippen LogP contribution in [0.3, 0.4) is 0 Å². The standard InChI is InChI=1S/C11H11BrCl2N2O2/c1-2-7(9(17)10(12)14)16-11(18)6-3-4-8(13)15-5-6/h3-5,7,10H,2H2,1H3,(H,16,18). The Balaban J connectivity index is 2.73. The van der Waals surface area contributed by atoms with E-state index in [0.717, 1.165) is 0 Å². The molecule has 7 heteroatoms. The summed E-state index contributed by atoms with van der Waals surface area (Å²) in [6.45, 7) is 1.79. The molecule has 0 aliphatic rings. The molecule has 0 fully saturated rings. The van der Waals surface area contributed by atoms with Gasteiger partial charge in [-0.3, -0.25) is 9.59 Å². The molecule has 1 aromatic heterocycles. The van der Waals surface area contributed by atoms with Gasteiger partial charge in [0.25, 0.3) is 5.91 Å². The summed E-state index contributed by atoms with van der Waals surface area (Å²) in [6, 6.07) is 2.41. The zero-order valence-electron chi connectivity index (χ0n) is 9.49. The number of aromatic nitrogens is 1. The summed E-state index contributed by atoms with van der Waals surface area (Å²) in [7, 11) is 0. The highest BCUT2D eigenvalue weighted by atomic mass is 79.9. The van der Waals surface area contributed by atoms with E-state index in [2.05, 4.69) is 26.2 Å². The molecule has 2 atom stereocenters. The first kappa shape index (κ1) is 15.4. The topological polar surface area (TPSA) is 59.1 Å². The minimum Gasteiger partial charge on any atom is -0.342 e. The fourth-order valence-electron chi connectivity index (χ4n) is 1.28. The molecule has 0 bridgehead atoms. The fourth-order valence-corrected chi connectivity index (χ4v) is 1.86. The van der Waals surface area contributed by atoms with Crippen LogP contribution in [-0.2, 0) is 4.79 Å². The van der Waals surface area contributed by atoms with Gasteiger partial charge in [-0.25, -0.2) is 4.98 Å². The molecule has 0 saturated carbocycles. The lowest BCUT2D eigenvalue weighted by atomic mass is 10.1. The number of rotatable bonds is 5. The molecule has 2 unspecified atom stereocenters. The van der Waals surface area contributed by atoms with Crippen LogP contribution in [0.25, 0.3) is 0 Å². The van der Waals surface area contributed by atoms with Gasteiger partial charge in [-0.2, -0.15) is 0 Å². The van der Waals surface area contributed by atoms with Crippen LogP contribution in [0.4, 0.5) is 0 Å². The number of hydrogen-bond acceptors (Lipinski definition) is 3. The maximum absolute atomic E-state index is 11.8. The van der Waals surface area contributed by atoms with E-state index in [9.17, 15) is 9.59 Å². The summed E-state index contributed by atoms with van der Waals surface area (Å²) in [5, 5.41) is 2.90. The Morgan fingerprint density at radius 2 is 2.17 bits per heavy atom. The number of Topliss-reactive ketones (excluding diaryl/α,β-unsaturated/α-hetero) is 1. The Bertz CT molecular complexity index is 437. The van der Waals surface area contributed by atoms with Crippen molar-refractivity contribution in [2.24, 2.45) is 0 Å². The third-order valence-electron chi connectivity index (χ3n) is 2.26. The van der Waals surface area contributed by atoms with E-state index < -0.39 is 10.3 Å². The van der Waals surface area contributed by atoms with Crippen molar-refractivity contribution in [1.29, 1.82) is 0 Å². The smallest absolute Gasteiger partial charge is 0.253 e. The van der Waals surface area contributed by atoms with Gasteiger partial charge >= 0.3 is 0 Å². The molecule has 18 heavy (non-hydrogen) atoms. The quantitative estimate of drug-likeness (QED) is 0.654. The lowest BCUT2D eigenvalue weighted by molar-refractivity contribution is -0.119. The number of nitrogens with zero attached hydrogens (tertiary/aromatic N) is 1. The van der Waals surface area contributed by atoms with Crippen LogP contribution in [0.2, 0.25) is 5.15 Å². The number of ketones is 1. The van der Waals surface area contributed by atoms with Crippen LogP contribution >= 0.6 is 39.1 Å². The van der Waals surface area contributed by atoms with Crippen molar-refractivity contribution >= 4 is 50.8 Å². The average Bonchev–Trinajstić information content (AvgIpc) is 2.35. The van der Waals surface area contributed by atoms with Crippen LogP contribution < -0.4 is 5.32 Å². The largest absolute Gasteiger partial charge is 0.342 e. The summed E-state index contributed by atoms with van der Waals surface area (Å²) in [5.74, 6) is -0.668. The number of amides is 1. The number of nitrogens with one attached hydrogen (secondary N) is 1. The molecule has 0 saturated heterocycles. The van der Waals surface area contributed by atoms with Gasteiger partial charge in [0.15, 0.2) is 5.78 Å². The number of carbonyl (C=O) groups is 2. The highest BCUT2D eigenvalue weighted by molar-refractivity contribution is 9.10. The highest BCUT2D eigenvalue weighted by Gasteiger charge is 2.24. The van der Waals surface area contributed by atoms with Gasteiger partial charge in [-0.15, -0.1) is 11.6 Å². The molecule has 4 nitrogen and oxygen atoms in total. The third kappa shape index (κ3) is 4.23. The first-order valence-corrected chi connectivity index (χ1v) is 6.93. The highest BCUT2D eigenvalue weighted by Crippen LogP contribution is 2.12. The molecule has 0 spiro atoms. The van der Waals surface area contributed by atoms with Crippen LogP contribution in [0.1, 0.15) is 23.7 Å². The van der Waals surface area contributed by atoms with Crippen LogP contribution in [0.15, 0.2) is 18.3 Å². The molecule has 1 N–H and O–H groups in total. The number of halogens is 3. The second-order valence-electron chi connectivity index (χ2n) is 3.51. The van der Waals surface area contributed by atoms with Crippen LogP contribution in [0, 0.1) is 0 Å². The van der Waals surface area contributed by atoms with Gasteiger partial charge in [0.2, 0.25) is 0 Å². The van der Waals surface area contributed by atoms with E-state index in [1.165, 1.54) is 18.3 Å². The molecule has 98 valence electrons. The van der Waals surface area contributed by atoms with E-state index in [1.54, 1.807) is 6.92 Å². The molecule has 1 amide bonds. The molecule has 0 aromatic carbocycles. The van der Waals surface area contributed by atoms with Crippen molar-refractivity contribution < 1.29 is 9.59 Å². The van der Waals surface area contributed by atoms with Crippen LogP contribution in [0.5, 0.6) is 0 Å². The fraction of sp³-hybridized carbons (Fsp3) is 0.364. The summed E-state index contributed by atoms with van der Waals surface area (Å²) in [4.78, 5) is 27.3. The van der Waals surface area contributed by atoms with E-state index >= 15 is 0 Å². The zero-order valence-corrected chi connectivity index (χ0v) is 12.6. The first-order valence-electron chi connectivity index (χ1n) is 5.20. The molecule has 1 rings (SSSR count). The van der Waals surface area contributed by atoms with Crippen molar-refractivity contribution in [1.82, 2.24) is 10.3 Å². The third-order valence-corrected chi connectivity index (χ3v) is 3.15. The Morgan fingerprint density at radius 3 is 2.61 bits per heavy atom. The summed E-state index contributed by atoms with van der Waals surface area (Å²) in [5.41, 5.74) is 0.339. The van der Waals surface area contributed by atoms with Crippen molar-refractivity contribution in [3.8, 4) is 0 Å². The Kier molecular flexibility index (Phi) is 6.05. The zero-order chi connectivity index (χ0) is 13.7. The van der Waals surface area contributed by atoms with E-state index in [1.807, 2.05) is 0 Å². The van der Waals surface area contributed by atoms with Crippen LogP contribution in [-0.4, -0.2) is 27.0 Å². The number of carbonyl (C=O) groups excluding carboxylic acids is 2. The maximum Gasteiger partial charge on any atom is 0.253 e. The van der Waals surface area contributed by atoms with Crippen molar-refractivity contribution in [3.05, 3.63) is 29.0 Å². The minimum absolute atomic E-state index is 0.283. The average molecular weight is 354 g/mol. The van der Waals surface area contributed by atoms with Gasteiger partial charge in [0.1, 0.15) is 9.44 Å². The summed E-state index contributed by atoms with van der Waals surface area (Å²) >= 11 is 14.2. The normalized spacial score (nSPS) is 13.8. The number of hydrogen-bond donors (Lipinski definition) is 1. The SMILES string of the molecule is CCC(NC(=O)c1ccc(Cl)nc1)C(=O)C(Cl)Br. The lowest BCUT2D eigenvalue weighted by Gasteiger charge is -2.16. The Labute approximate surface area is 123 Å². The Hall–Kier alpha value is -0.650. The van der Waals surface area contributed by atoms with E-state index in [0.29, 0.717) is 17.1 Å². The lowest BCUT2D eigenvalue weighted by Crippen LogP contribution is -2.42. The van der Waals surface area contributed by atoms with Crippen molar-refractivity contribution in [2.75, 3.05) is 0 Å². The summed E-state index contributed by atoms with van der Waals surface area (Å²) in [6.07, 6.45) is 1.81. The number of pyridine rings is 1. The number of alkyl halides is 2. The van der Waals surface area contributed by atoms with Gasteiger partial charge in [0, 0.05) is 6.20 Å². The molecular formula is C11H11BrCl2N2O2. The van der Waals surface area contributed by atoms with Gasteiger partial charge in [-0.05, 0) is 18.6 Å². The predicted octanol–water partition coefficient (Wildman–Crippen LogP) is 2.77. The predicted molar refractivity (Wildman–Crippen MR) is 74.4 cm³/mol. The molecule has 0 radical (unpaired) electrons.